The molecule has 0 aliphatic carbocycles. The molecule has 2 atom stereocenters. The van der Waals surface area contributed by atoms with Gasteiger partial charge >= 0.3 is 13.5 Å². The Morgan fingerprint density at radius 3 is 0.750 bits per heavy atom. The van der Waals surface area contributed by atoms with Gasteiger partial charge in [-0.2, -0.15) is 0 Å². The van der Waals surface area contributed by atoms with Crippen LogP contribution < -0.4 is 10.9 Å². The molecule has 0 fully saturated rings. The van der Waals surface area contributed by atoms with Gasteiger partial charge in [0.25, 0.3) is 0 Å². The number of benzene rings is 2. The van der Waals surface area contributed by atoms with Gasteiger partial charge in [-0.15, -0.1) is 30.9 Å². The van der Waals surface area contributed by atoms with E-state index in [1.54, 1.807) is 0 Å². The van der Waals surface area contributed by atoms with Crippen molar-refractivity contribution in [3.05, 3.63) is 59.2 Å². The van der Waals surface area contributed by atoms with Crippen LogP contribution in [0.15, 0.2) is 55.2 Å². The Labute approximate surface area is 245 Å². The molecule has 0 radical (unpaired) electrons. The highest BCUT2D eigenvalue weighted by Crippen LogP contribution is 2.22. The van der Waals surface area contributed by atoms with Crippen molar-refractivity contribution in [3.63, 3.8) is 0 Å². The van der Waals surface area contributed by atoms with Gasteiger partial charge in [0.05, 0.1) is 34.3 Å². The second-order valence-electron chi connectivity index (χ2n) is 9.54. The van der Waals surface area contributed by atoms with Crippen LogP contribution in [0.2, 0.25) is 0 Å². The van der Waals surface area contributed by atoms with Crippen molar-refractivity contribution in [2.24, 2.45) is 30.9 Å². The minimum atomic E-state index is -4.01. The molecule has 3 aliphatic rings. The van der Waals surface area contributed by atoms with Crippen LogP contribution in [-0.2, 0) is 28.5 Å². The molecule has 2 aromatic carbocycles. The Kier molecular flexibility index (Phi) is 8.91. The van der Waals surface area contributed by atoms with Crippen LogP contribution in [0.1, 0.15) is 41.5 Å². The first-order valence-corrected chi connectivity index (χ1v) is 12.6. The van der Waals surface area contributed by atoms with Crippen LogP contribution in [0.5, 0.6) is 0 Å². The number of halogens is 6. The van der Waals surface area contributed by atoms with E-state index in [0.29, 0.717) is 24.3 Å². The Bertz CT molecular complexity index is 1420. The molecule has 0 aromatic heterocycles. The van der Waals surface area contributed by atoms with Crippen molar-refractivity contribution in [1.29, 1.82) is 0 Å². The minimum Gasteiger partial charge on any atom is -0.536 e. The zero-order chi connectivity index (χ0) is 32.4. The third-order valence-corrected chi connectivity index (χ3v) is 6.34. The molecular weight excluding hydrogens is 604 g/mol. The Morgan fingerprint density at radius 2 is 0.568 bits per heavy atom. The summed E-state index contributed by atoms with van der Waals surface area (Å²) < 4.78 is 121. The van der Waals surface area contributed by atoms with Crippen LogP contribution in [0.4, 0.5) is 26.3 Å². The molecule has 0 amide bonds. The van der Waals surface area contributed by atoms with E-state index < -0.39 is 59.3 Å². The second-order valence-corrected chi connectivity index (χ2v) is 9.54. The Hall–Kier alpha value is -5.03. The molecule has 2 aromatic rings. The number of nitrogens with zero attached hydrogens (tertiary/aromatic N) is 6. The zero-order valence-electron chi connectivity index (χ0n) is 23.9. The maximum atomic E-state index is 15.2. The minimum absolute atomic E-state index is 0.203. The highest BCUT2D eigenvalue weighted by Gasteiger charge is 2.48. The van der Waals surface area contributed by atoms with Crippen LogP contribution in [0, 0.1) is 34.9 Å². The Balaban J connectivity index is 2.07. The fraction of sp³-hybridized carbons (Fsp3) is 0.250. The summed E-state index contributed by atoms with van der Waals surface area (Å²) >= 11 is 0. The SMILES string of the molecule is CC1=NO[B-]2(c3c(F)cc(F)cc3F)O/N=C(/C)C(C)=NO[B-](c3c(F)cc(F)cc3F)(O/N=C\1C)O/N=C(C)\C(C)=N/O2. The topological polar surface area (TPSA) is 130 Å². The summed E-state index contributed by atoms with van der Waals surface area (Å²) in [5, 5.41) is 22.6. The van der Waals surface area contributed by atoms with E-state index >= 15 is 17.6 Å². The predicted octanol–water partition coefficient (Wildman–Crippen LogP) is 3.90. The molecule has 234 valence electrons. The van der Waals surface area contributed by atoms with Gasteiger partial charge in [-0.3, -0.25) is 0 Å². The van der Waals surface area contributed by atoms with Crippen molar-refractivity contribution in [3.8, 4) is 0 Å². The monoisotopic (exact) mass is 626 g/mol. The highest BCUT2D eigenvalue weighted by atomic mass is 19.2. The first-order chi connectivity index (χ1) is 20.7. The van der Waals surface area contributed by atoms with E-state index in [1.165, 1.54) is 41.5 Å². The molecule has 2 bridgehead atoms. The third-order valence-electron chi connectivity index (χ3n) is 6.34. The summed E-state index contributed by atoms with van der Waals surface area (Å²) in [5.41, 5.74) is -3.41. The second kappa shape index (κ2) is 12.3. The highest BCUT2D eigenvalue weighted by molar-refractivity contribution is 6.76. The number of fused-ring (bicyclic) bond motifs is 9. The quantitative estimate of drug-likeness (QED) is 0.368. The molecule has 5 rings (SSSR count). The fourth-order valence-electron chi connectivity index (χ4n) is 3.50. The lowest BCUT2D eigenvalue weighted by molar-refractivity contribution is 0.0753. The molecule has 0 saturated heterocycles. The summed E-state index contributed by atoms with van der Waals surface area (Å²) in [6, 6.07) is 1.34. The standard InChI is InChI=1S/C24H22B2F6N6O6/c1-11-12(2)34-40-26(24-21(31)9-18(28)10-22(24)32)43-37-15(5)13(3)35-41-25(39-33-11,42-36-14(4)16(6)38-44-26)23-19(29)7-17(27)8-20(23)30/h7-10H,1-6H3/q-2/b33-11-,34-12-,35-13-,36-14?,37-15?,38-16-. The first kappa shape index (κ1) is 31.9. The molecule has 12 nitrogen and oxygen atoms in total. The summed E-state index contributed by atoms with van der Waals surface area (Å²) in [6.45, 7) is -0.420. The van der Waals surface area contributed by atoms with Crippen molar-refractivity contribution >= 4 is 58.7 Å². The van der Waals surface area contributed by atoms with Crippen molar-refractivity contribution < 1.29 is 54.9 Å². The van der Waals surface area contributed by atoms with Gasteiger partial charge in [0.2, 0.25) is 0 Å². The molecule has 0 N–H and O–H groups in total. The lowest BCUT2D eigenvalue weighted by atomic mass is 9.69. The molecule has 20 heteroatoms. The molecule has 3 heterocycles. The molecule has 0 saturated carbocycles. The molecular formula is C24H22B2F6N6O6-2. The maximum absolute atomic E-state index is 15.2. The van der Waals surface area contributed by atoms with Gasteiger partial charge in [0.15, 0.2) is 0 Å². The van der Waals surface area contributed by atoms with Gasteiger partial charge in [-0.05, 0) is 52.5 Å². The summed E-state index contributed by atoms with van der Waals surface area (Å²) in [7, 11) is 0. The summed E-state index contributed by atoms with van der Waals surface area (Å²) in [4.78, 5) is 0. The molecule has 0 spiro atoms. The van der Waals surface area contributed by atoms with Gasteiger partial charge in [0, 0.05) is 24.3 Å². The van der Waals surface area contributed by atoms with Gasteiger partial charge in [0.1, 0.15) is 34.9 Å². The van der Waals surface area contributed by atoms with E-state index in [-0.39, 0.29) is 34.3 Å². The van der Waals surface area contributed by atoms with E-state index in [1.807, 2.05) is 0 Å². The van der Waals surface area contributed by atoms with E-state index in [2.05, 4.69) is 30.9 Å². The first-order valence-electron chi connectivity index (χ1n) is 12.6. The lowest BCUT2D eigenvalue weighted by Gasteiger charge is -2.37. The number of rotatable bonds is 2. The van der Waals surface area contributed by atoms with Gasteiger partial charge < -0.3 is 28.5 Å². The third kappa shape index (κ3) is 6.32. The number of oxime groups is 6. The van der Waals surface area contributed by atoms with Crippen molar-refractivity contribution in [2.45, 2.75) is 41.5 Å². The van der Waals surface area contributed by atoms with Crippen molar-refractivity contribution in [1.82, 2.24) is 0 Å². The van der Waals surface area contributed by atoms with Crippen LogP contribution in [0.3, 0.4) is 0 Å². The normalized spacial score (nSPS) is 27.5. The predicted molar refractivity (Wildman–Crippen MR) is 149 cm³/mol. The van der Waals surface area contributed by atoms with Crippen LogP contribution in [-0.4, -0.2) is 47.8 Å². The fourth-order valence-corrected chi connectivity index (χ4v) is 3.50. The Morgan fingerprint density at radius 1 is 0.386 bits per heavy atom. The van der Waals surface area contributed by atoms with E-state index in [4.69, 9.17) is 28.5 Å². The summed E-state index contributed by atoms with van der Waals surface area (Å²) in [6.07, 6.45) is 0. The number of hydrogen-bond donors (Lipinski definition) is 0. The largest absolute Gasteiger partial charge is 0.646 e. The molecule has 3 aliphatic heterocycles. The smallest absolute Gasteiger partial charge is 0.536 e. The van der Waals surface area contributed by atoms with Gasteiger partial charge in [-0.25, -0.2) is 26.3 Å². The van der Waals surface area contributed by atoms with Gasteiger partial charge in [-0.1, -0.05) is 0 Å². The van der Waals surface area contributed by atoms with E-state index in [9.17, 15) is 8.78 Å². The van der Waals surface area contributed by atoms with Crippen LogP contribution in [0.25, 0.3) is 0 Å². The van der Waals surface area contributed by atoms with E-state index in [0.717, 1.165) is 0 Å². The average Bonchev–Trinajstić information content (AvgIpc) is 2.94. The molecule has 2 unspecified atom stereocenters. The maximum Gasteiger partial charge on any atom is 0.646 e. The average molecular weight is 626 g/mol. The van der Waals surface area contributed by atoms with Crippen LogP contribution >= 0.6 is 0 Å². The van der Waals surface area contributed by atoms with Crippen molar-refractivity contribution in [2.75, 3.05) is 0 Å². The lowest BCUT2D eigenvalue weighted by Crippen LogP contribution is -2.58. The zero-order valence-corrected chi connectivity index (χ0v) is 23.9. The number of hydrogen-bond acceptors (Lipinski definition) is 12. The molecule has 44 heavy (non-hydrogen) atoms. The summed E-state index contributed by atoms with van der Waals surface area (Å²) in [5.74, 6) is -8.57.